The Kier molecular flexibility index (Phi) is 6.27. The van der Waals surface area contributed by atoms with Crippen molar-refractivity contribution in [1.29, 1.82) is 0 Å². The lowest BCUT2D eigenvalue weighted by molar-refractivity contribution is 0.0931. The maximum absolute atomic E-state index is 10.1. The number of aliphatic hydroxyl groups is 3. The van der Waals surface area contributed by atoms with Crippen LogP contribution < -0.4 is 5.73 Å². The zero-order chi connectivity index (χ0) is 15.9. The quantitative estimate of drug-likeness (QED) is 0.465. The molecule has 2 aromatic rings. The van der Waals surface area contributed by atoms with E-state index in [9.17, 15) is 10.2 Å². The van der Waals surface area contributed by atoms with Gasteiger partial charge in [-0.1, -0.05) is 36.4 Å². The van der Waals surface area contributed by atoms with E-state index in [-0.39, 0.29) is 13.0 Å². The van der Waals surface area contributed by atoms with E-state index in [1.165, 1.54) is 11.8 Å². The molecule has 5 N–H and O–H groups in total. The summed E-state index contributed by atoms with van der Waals surface area (Å²) in [5.41, 5.74) is 8.08. The monoisotopic (exact) mass is 319 g/mol. The van der Waals surface area contributed by atoms with E-state index in [1.807, 2.05) is 24.3 Å². The molecule has 0 bridgehead atoms. The lowest BCUT2D eigenvalue weighted by atomic mass is 10.0. The molecule has 0 saturated carbocycles. The van der Waals surface area contributed by atoms with Crippen molar-refractivity contribution in [2.75, 3.05) is 11.5 Å². The molecule has 2 aromatic carbocycles. The average Bonchev–Trinajstić information content (AvgIpc) is 2.54. The van der Waals surface area contributed by atoms with E-state index in [0.29, 0.717) is 11.4 Å². The molecule has 0 fully saturated rings. The lowest BCUT2D eigenvalue weighted by Gasteiger charge is -2.16. The predicted octanol–water partition coefficient (Wildman–Crippen LogP) is 2.34. The van der Waals surface area contributed by atoms with E-state index in [4.69, 9.17) is 10.8 Å². The molecule has 0 unspecified atom stereocenters. The molecule has 4 nitrogen and oxygen atoms in total. The van der Waals surface area contributed by atoms with E-state index >= 15 is 0 Å². The predicted molar refractivity (Wildman–Crippen MR) is 89.5 cm³/mol. The Morgan fingerprint density at radius 1 is 1.00 bits per heavy atom. The number of thioether (sulfide) groups is 1. The number of para-hydroxylation sites is 1. The van der Waals surface area contributed by atoms with Crippen LogP contribution in [-0.2, 0) is 6.61 Å². The molecule has 0 radical (unpaired) electrons. The Bertz CT molecular complexity index is 589. The Balaban J connectivity index is 1.85. The summed E-state index contributed by atoms with van der Waals surface area (Å²) in [5.74, 6) is 0.472. The first-order valence-corrected chi connectivity index (χ1v) is 8.12. The second-order valence-corrected chi connectivity index (χ2v) is 6.22. The summed E-state index contributed by atoms with van der Waals surface area (Å²) in [4.78, 5) is 0.934. The first-order valence-electron chi connectivity index (χ1n) is 7.13. The van der Waals surface area contributed by atoms with Crippen molar-refractivity contribution in [3.63, 3.8) is 0 Å². The molecule has 0 saturated heterocycles. The first kappa shape index (κ1) is 16.8. The number of hydrogen-bond acceptors (Lipinski definition) is 5. The smallest absolute Gasteiger partial charge is 0.0815 e. The fourth-order valence-corrected chi connectivity index (χ4v) is 3.02. The number of rotatable bonds is 7. The van der Waals surface area contributed by atoms with Gasteiger partial charge in [0, 0.05) is 22.8 Å². The molecule has 22 heavy (non-hydrogen) atoms. The Hall–Kier alpha value is -1.53. The van der Waals surface area contributed by atoms with Crippen molar-refractivity contribution in [3.05, 3.63) is 59.7 Å². The van der Waals surface area contributed by atoms with Crippen molar-refractivity contribution < 1.29 is 15.3 Å². The van der Waals surface area contributed by atoms with Gasteiger partial charge in [-0.3, -0.25) is 0 Å². The molecule has 118 valence electrons. The van der Waals surface area contributed by atoms with Gasteiger partial charge in [0.15, 0.2) is 0 Å². The fraction of sp³-hybridized carbons (Fsp3) is 0.294. The Morgan fingerprint density at radius 3 is 2.32 bits per heavy atom. The minimum absolute atomic E-state index is 0.0197. The Morgan fingerprint density at radius 2 is 1.68 bits per heavy atom. The van der Waals surface area contributed by atoms with Crippen LogP contribution in [0.4, 0.5) is 5.69 Å². The summed E-state index contributed by atoms with van der Waals surface area (Å²) in [6.45, 7) is -0.0197. The molecular formula is C17H21NO3S. The maximum atomic E-state index is 10.1. The summed E-state index contributed by atoms with van der Waals surface area (Å²) >= 11 is 1.48. The molecule has 2 atom stereocenters. The van der Waals surface area contributed by atoms with Gasteiger partial charge in [-0.15, -0.1) is 11.8 Å². The van der Waals surface area contributed by atoms with Crippen molar-refractivity contribution in [2.45, 2.75) is 30.1 Å². The largest absolute Gasteiger partial charge is 0.398 e. The lowest BCUT2D eigenvalue weighted by Crippen LogP contribution is -2.15. The van der Waals surface area contributed by atoms with Gasteiger partial charge < -0.3 is 21.1 Å². The van der Waals surface area contributed by atoms with Gasteiger partial charge in [0.05, 0.1) is 18.8 Å². The number of benzene rings is 2. The number of hydrogen-bond donors (Lipinski definition) is 4. The third kappa shape index (κ3) is 4.74. The van der Waals surface area contributed by atoms with E-state index in [0.717, 1.165) is 16.0 Å². The number of aliphatic hydroxyl groups excluding tert-OH is 3. The second-order valence-electron chi connectivity index (χ2n) is 5.15. The van der Waals surface area contributed by atoms with Crippen molar-refractivity contribution in [1.82, 2.24) is 0 Å². The van der Waals surface area contributed by atoms with Crippen LogP contribution >= 0.6 is 11.8 Å². The van der Waals surface area contributed by atoms with Gasteiger partial charge in [-0.2, -0.15) is 0 Å². The highest BCUT2D eigenvalue weighted by Gasteiger charge is 2.14. The summed E-state index contributed by atoms with van der Waals surface area (Å²) in [6, 6.07) is 14.6. The molecule has 0 aliphatic heterocycles. The molecule has 0 heterocycles. The highest BCUT2D eigenvalue weighted by Crippen LogP contribution is 2.27. The zero-order valence-electron chi connectivity index (χ0n) is 12.2. The van der Waals surface area contributed by atoms with E-state index in [1.54, 1.807) is 24.3 Å². The molecule has 2 rings (SSSR count). The average molecular weight is 319 g/mol. The topological polar surface area (TPSA) is 86.7 Å². The standard InChI is InChI=1S/C17H21NO3S/c18-15-3-1-2-4-17(15)22-11-14(20)9-16(21)13-7-5-12(10-19)6-8-13/h1-8,14,16,19-21H,9-11,18H2/t14-,16+/m0/s1. The van der Waals surface area contributed by atoms with Crippen LogP contribution in [0.25, 0.3) is 0 Å². The van der Waals surface area contributed by atoms with Crippen LogP contribution in [0.1, 0.15) is 23.7 Å². The number of anilines is 1. The zero-order valence-corrected chi connectivity index (χ0v) is 13.0. The van der Waals surface area contributed by atoms with Crippen LogP contribution in [0, 0.1) is 0 Å². The summed E-state index contributed by atoms with van der Waals surface area (Å²) in [6.07, 6.45) is -1.09. The minimum atomic E-state index is -0.725. The molecule has 0 aliphatic carbocycles. The highest BCUT2D eigenvalue weighted by atomic mass is 32.2. The van der Waals surface area contributed by atoms with E-state index in [2.05, 4.69) is 0 Å². The normalized spacial score (nSPS) is 13.8. The molecular weight excluding hydrogens is 298 g/mol. The SMILES string of the molecule is Nc1ccccc1SC[C@@H](O)C[C@@H](O)c1ccc(CO)cc1. The van der Waals surface area contributed by atoms with Crippen LogP contribution in [-0.4, -0.2) is 27.2 Å². The van der Waals surface area contributed by atoms with Crippen molar-refractivity contribution >= 4 is 17.4 Å². The molecule has 0 aliphatic rings. The van der Waals surface area contributed by atoms with Gasteiger partial charge in [0.1, 0.15) is 0 Å². The summed E-state index contributed by atoms with van der Waals surface area (Å²) < 4.78 is 0. The summed E-state index contributed by atoms with van der Waals surface area (Å²) in [7, 11) is 0. The maximum Gasteiger partial charge on any atom is 0.0815 e. The van der Waals surface area contributed by atoms with Gasteiger partial charge in [-0.25, -0.2) is 0 Å². The fourth-order valence-electron chi connectivity index (χ4n) is 2.10. The molecule has 0 aromatic heterocycles. The van der Waals surface area contributed by atoms with Gasteiger partial charge in [-0.05, 0) is 23.3 Å². The van der Waals surface area contributed by atoms with Crippen LogP contribution in [0.2, 0.25) is 0 Å². The summed E-state index contributed by atoms with van der Waals surface area (Å²) in [5, 5.41) is 29.2. The van der Waals surface area contributed by atoms with Crippen LogP contribution in [0.5, 0.6) is 0 Å². The minimum Gasteiger partial charge on any atom is -0.398 e. The Labute approximate surface area is 134 Å². The van der Waals surface area contributed by atoms with Gasteiger partial charge in [0.25, 0.3) is 0 Å². The van der Waals surface area contributed by atoms with Crippen molar-refractivity contribution in [2.24, 2.45) is 0 Å². The third-order valence-corrected chi connectivity index (χ3v) is 4.63. The highest BCUT2D eigenvalue weighted by molar-refractivity contribution is 7.99. The van der Waals surface area contributed by atoms with Crippen LogP contribution in [0.3, 0.4) is 0 Å². The molecule has 0 amide bonds. The van der Waals surface area contributed by atoms with E-state index < -0.39 is 12.2 Å². The van der Waals surface area contributed by atoms with Gasteiger partial charge >= 0.3 is 0 Å². The third-order valence-electron chi connectivity index (χ3n) is 3.39. The number of nitrogen functional groups attached to an aromatic ring is 1. The molecule has 5 heteroatoms. The second kappa shape index (κ2) is 8.19. The first-order chi connectivity index (χ1) is 10.6. The van der Waals surface area contributed by atoms with Crippen LogP contribution in [0.15, 0.2) is 53.4 Å². The molecule has 0 spiro atoms. The van der Waals surface area contributed by atoms with Crippen molar-refractivity contribution in [3.8, 4) is 0 Å². The van der Waals surface area contributed by atoms with Gasteiger partial charge in [0.2, 0.25) is 0 Å². The number of nitrogens with two attached hydrogens (primary N) is 1.